The molecule has 0 bridgehead atoms. The van der Waals surface area contributed by atoms with Crippen molar-refractivity contribution < 1.29 is 4.79 Å². The zero-order chi connectivity index (χ0) is 16.1. The Morgan fingerprint density at radius 2 is 2.00 bits per heavy atom. The van der Waals surface area contributed by atoms with Crippen molar-refractivity contribution in [2.75, 3.05) is 35.3 Å². The lowest BCUT2D eigenvalue weighted by atomic mass is 10.1. The van der Waals surface area contributed by atoms with Gasteiger partial charge in [-0.3, -0.25) is 4.79 Å². The molecule has 4 nitrogen and oxygen atoms in total. The predicted octanol–water partition coefficient (Wildman–Crippen LogP) is 3.94. The minimum Gasteiger partial charge on any atom is -0.370 e. The predicted molar refractivity (Wildman–Crippen MR) is 114 cm³/mol. The maximum atomic E-state index is 12.4. The maximum absolute atomic E-state index is 12.4. The third-order valence-electron chi connectivity index (χ3n) is 4.86. The van der Waals surface area contributed by atoms with Crippen LogP contribution in [0, 0.1) is 0 Å². The molecule has 25 heavy (non-hydrogen) atoms. The second-order valence-electron chi connectivity index (χ2n) is 6.54. The van der Waals surface area contributed by atoms with E-state index in [1.165, 1.54) is 25.7 Å². The number of nitrogens with one attached hydrogen (secondary N) is 2. The lowest BCUT2D eigenvalue weighted by Crippen LogP contribution is -2.40. The summed E-state index contributed by atoms with van der Waals surface area (Å²) in [4.78, 5) is 14.7. The third kappa shape index (κ3) is 6.24. The Labute approximate surface area is 167 Å². The normalized spacial score (nSPS) is 20.3. The third-order valence-corrected chi connectivity index (χ3v) is 5.99. The van der Waals surface area contributed by atoms with Crippen LogP contribution in [-0.4, -0.2) is 43.1 Å². The van der Waals surface area contributed by atoms with Crippen LogP contribution in [0.25, 0.3) is 0 Å². The SMILES string of the molecule is CN(c1ccccc1NC(=O)CC1CSCCN1)C1CCCC1.Cl.Cl. The number of carbonyl (C=O) groups excluding carboxylic acids is 1. The van der Waals surface area contributed by atoms with Gasteiger partial charge >= 0.3 is 0 Å². The lowest BCUT2D eigenvalue weighted by Gasteiger charge is -2.29. The molecule has 142 valence electrons. The highest BCUT2D eigenvalue weighted by molar-refractivity contribution is 7.99. The van der Waals surface area contributed by atoms with E-state index in [1.54, 1.807) is 0 Å². The first-order valence-corrected chi connectivity index (χ1v) is 9.82. The summed E-state index contributed by atoms with van der Waals surface area (Å²) in [6.45, 7) is 1.00. The molecular weight excluding hydrogens is 377 g/mol. The number of hydrogen-bond donors (Lipinski definition) is 2. The quantitative estimate of drug-likeness (QED) is 0.778. The van der Waals surface area contributed by atoms with Crippen molar-refractivity contribution in [3.8, 4) is 0 Å². The average molecular weight is 406 g/mol. The van der Waals surface area contributed by atoms with Gasteiger partial charge in [0.2, 0.25) is 5.91 Å². The fourth-order valence-electron chi connectivity index (χ4n) is 3.55. The van der Waals surface area contributed by atoms with Gasteiger partial charge in [-0.15, -0.1) is 24.8 Å². The van der Waals surface area contributed by atoms with Gasteiger partial charge in [0.1, 0.15) is 0 Å². The van der Waals surface area contributed by atoms with E-state index in [-0.39, 0.29) is 30.7 Å². The van der Waals surface area contributed by atoms with Gasteiger partial charge in [0.15, 0.2) is 0 Å². The van der Waals surface area contributed by atoms with Gasteiger partial charge < -0.3 is 15.5 Å². The zero-order valence-electron chi connectivity index (χ0n) is 14.7. The minimum atomic E-state index is 0. The highest BCUT2D eigenvalue weighted by atomic mass is 35.5. The molecule has 2 aliphatic rings. The van der Waals surface area contributed by atoms with Crippen molar-refractivity contribution in [3.05, 3.63) is 24.3 Å². The maximum Gasteiger partial charge on any atom is 0.226 e. The number of thioether (sulfide) groups is 1. The number of hydrogen-bond acceptors (Lipinski definition) is 4. The molecule has 1 aliphatic carbocycles. The Morgan fingerprint density at radius 1 is 1.28 bits per heavy atom. The second-order valence-corrected chi connectivity index (χ2v) is 7.69. The Balaban J connectivity index is 0.00000156. The van der Waals surface area contributed by atoms with Crippen molar-refractivity contribution in [3.63, 3.8) is 0 Å². The van der Waals surface area contributed by atoms with Gasteiger partial charge in [0, 0.05) is 43.6 Å². The topological polar surface area (TPSA) is 44.4 Å². The minimum absolute atomic E-state index is 0. The van der Waals surface area contributed by atoms with Crippen LogP contribution in [0.1, 0.15) is 32.1 Å². The van der Waals surface area contributed by atoms with Gasteiger partial charge in [-0.2, -0.15) is 11.8 Å². The molecular formula is C18H29Cl2N3OS. The number of carbonyl (C=O) groups is 1. The Morgan fingerprint density at radius 3 is 2.68 bits per heavy atom. The summed E-state index contributed by atoms with van der Waals surface area (Å²) in [6, 6.07) is 9.08. The van der Waals surface area contributed by atoms with E-state index in [4.69, 9.17) is 0 Å². The number of amides is 1. The lowest BCUT2D eigenvalue weighted by molar-refractivity contribution is -0.116. The van der Waals surface area contributed by atoms with Crippen molar-refractivity contribution in [2.45, 2.75) is 44.2 Å². The van der Waals surface area contributed by atoms with Crippen molar-refractivity contribution in [1.29, 1.82) is 0 Å². The summed E-state index contributed by atoms with van der Waals surface area (Å²) >= 11 is 1.93. The van der Waals surface area contributed by atoms with Gasteiger partial charge in [-0.25, -0.2) is 0 Å². The van der Waals surface area contributed by atoms with E-state index in [1.807, 2.05) is 23.9 Å². The second kappa shape index (κ2) is 11.2. The van der Waals surface area contributed by atoms with Gasteiger partial charge in [-0.05, 0) is 25.0 Å². The monoisotopic (exact) mass is 405 g/mol. The smallest absolute Gasteiger partial charge is 0.226 e. The summed E-state index contributed by atoms with van der Waals surface area (Å²) in [7, 11) is 2.15. The highest BCUT2D eigenvalue weighted by Crippen LogP contribution is 2.31. The van der Waals surface area contributed by atoms with E-state index in [2.05, 4.69) is 34.7 Å². The largest absolute Gasteiger partial charge is 0.370 e. The first-order valence-electron chi connectivity index (χ1n) is 8.67. The van der Waals surface area contributed by atoms with Crippen molar-refractivity contribution in [2.24, 2.45) is 0 Å². The van der Waals surface area contributed by atoms with Crippen LogP contribution in [-0.2, 0) is 4.79 Å². The van der Waals surface area contributed by atoms with Gasteiger partial charge in [-0.1, -0.05) is 25.0 Å². The van der Waals surface area contributed by atoms with Crippen molar-refractivity contribution in [1.82, 2.24) is 5.32 Å². The molecule has 0 spiro atoms. The van der Waals surface area contributed by atoms with Crippen LogP contribution in [0.3, 0.4) is 0 Å². The molecule has 1 atom stereocenters. The first kappa shape index (κ1) is 22.4. The number of anilines is 2. The Hall–Kier alpha value is -0.620. The van der Waals surface area contributed by atoms with Crippen LogP contribution < -0.4 is 15.5 Å². The zero-order valence-corrected chi connectivity index (χ0v) is 17.2. The van der Waals surface area contributed by atoms with Crippen molar-refractivity contribution >= 4 is 53.9 Å². The molecule has 0 radical (unpaired) electrons. The number of nitrogens with zero attached hydrogens (tertiary/aromatic N) is 1. The van der Waals surface area contributed by atoms with Gasteiger partial charge in [0.05, 0.1) is 11.4 Å². The van der Waals surface area contributed by atoms with E-state index in [0.717, 1.165) is 29.4 Å². The molecule has 2 N–H and O–H groups in total. The van der Waals surface area contributed by atoms with E-state index in [0.29, 0.717) is 18.5 Å². The Bertz CT molecular complexity index is 535. The number of halogens is 2. The molecule has 0 aromatic heterocycles. The number of para-hydroxylation sites is 2. The van der Waals surface area contributed by atoms with Crippen LogP contribution in [0.5, 0.6) is 0 Å². The molecule has 2 fully saturated rings. The molecule has 1 heterocycles. The summed E-state index contributed by atoms with van der Waals surface area (Å²) < 4.78 is 0. The van der Waals surface area contributed by atoms with E-state index in [9.17, 15) is 4.79 Å². The summed E-state index contributed by atoms with van der Waals surface area (Å²) in [6.07, 6.45) is 5.68. The van der Waals surface area contributed by atoms with Gasteiger partial charge in [0.25, 0.3) is 0 Å². The van der Waals surface area contributed by atoms with Crippen LogP contribution in [0.15, 0.2) is 24.3 Å². The molecule has 3 rings (SSSR count). The molecule has 1 aromatic rings. The van der Waals surface area contributed by atoms with Crippen LogP contribution in [0.2, 0.25) is 0 Å². The summed E-state index contributed by atoms with van der Waals surface area (Å²) in [5.41, 5.74) is 2.08. The number of rotatable bonds is 5. The molecule has 1 saturated heterocycles. The Kier molecular flexibility index (Phi) is 10.0. The molecule has 1 aliphatic heterocycles. The fourth-order valence-corrected chi connectivity index (χ4v) is 4.50. The standard InChI is InChI=1S/C18H27N3OS.2ClH/c1-21(15-6-2-3-7-15)17-9-5-4-8-16(17)20-18(22)12-14-13-23-11-10-19-14;;/h4-5,8-9,14-15,19H,2-3,6-7,10-13H2,1H3,(H,20,22);2*1H. The van der Waals surface area contributed by atoms with Crippen LogP contribution >= 0.6 is 36.6 Å². The van der Waals surface area contributed by atoms with E-state index < -0.39 is 0 Å². The molecule has 7 heteroatoms. The first-order chi connectivity index (χ1) is 11.2. The summed E-state index contributed by atoms with van der Waals surface area (Å²) in [5.74, 6) is 2.28. The average Bonchev–Trinajstić information content (AvgIpc) is 3.10. The number of benzene rings is 1. The molecule has 1 amide bonds. The summed E-state index contributed by atoms with van der Waals surface area (Å²) in [5, 5.41) is 6.56. The van der Waals surface area contributed by atoms with Crippen LogP contribution in [0.4, 0.5) is 11.4 Å². The highest BCUT2D eigenvalue weighted by Gasteiger charge is 2.22. The molecule has 1 unspecified atom stereocenters. The molecule has 1 saturated carbocycles. The van der Waals surface area contributed by atoms with E-state index >= 15 is 0 Å². The fraction of sp³-hybridized carbons (Fsp3) is 0.611. The molecule has 1 aromatic carbocycles.